The molecule has 0 saturated carbocycles. The van der Waals surface area contributed by atoms with E-state index in [4.69, 9.17) is 4.74 Å². The Kier molecular flexibility index (Phi) is 5.16. The van der Waals surface area contributed by atoms with E-state index in [1.165, 1.54) is 11.1 Å². The first-order valence-corrected chi connectivity index (χ1v) is 6.56. The van der Waals surface area contributed by atoms with Crippen LogP contribution in [0.2, 0.25) is 0 Å². The summed E-state index contributed by atoms with van der Waals surface area (Å²) in [5, 5.41) is 0.996. The molecule has 84 valence electrons. The number of rotatable bonds is 5. The van der Waals surface area contributed by atoms with Crippen LogP contribution in [-0.2, 0) is 0 Å². The number of hydrogen-bond donors (Lipinski definition) is 0. The van der Waals surface area contributed by atoms with Gasteiger partial charge in [0.15, 0.2) is 0 Å². The van der Waals surface area contributed by atoms with Gasteiger partial charge < -0.3 is 4.74 Å². The highest BCUT2D eigenvalue weighted by molar-refractivity contribution is 9.09. The van der Waals surface area contributed by atoms with Gasteiger partial charge in [0.25, 0.3) is 0 Å². The highest BCUT2D eigenvalue weighted by Gasteiger charge is 2.03. The minimum Gasteiger partial charge on any atom is -0.494 e. The van der Waals surface area contributed by atoms with Gasteiger partial charge in [0, 0.05) is 5.33 Å². The molecule has 0 N–H and O–H groups in total. The topological polar surface area (TPSA) is 9.23 Å². The lowest BCUT2D eigenvalue weighted by Crippen LogP contribution is -1.99. The maximum Gasteiger partial charge on any atom is 0.119 e. The zero-order valence-corrected chi connectivity index (χ0v) is 11.3. The lowest BCUT2D eigenvalue weighted by molar-refractivity contribution is 0.318. The molecule has 0 saturated heterocycles. The fourth-order valence-electron chi connectivity index (χ4n) is 1.44. The second kappa shape index (κ2) is 6.16. The van der Waals surface area contributed by atoms with E-state index in [1.807, 2.05) is 0 Å². The van der Waals surface area contributed by atoms with Crippen molar-refractivity contribution in [3.05, 3.63) is 29.3 Å². The monoisotopic (exact) mass is 270 g/mol. The van der Waals surface area contributed by atoms with Gasteiger partial charge in [-0.3, -0.25) is 0 Å². The van der Waals surface area contributed by atoms with Crippen molar-refractivity contribution in [1.29, 1.82) is 0 Å². The molecule has 1 nitrogen and oxygen atoms in total. The smallest absolute Gasteiger partial charge is 0.119 e. The molecule has 1 rings (SSSR count). The first-order chi connectivity index (χ1) is 7.13. The summed E-state index contributed by atoms with van der Waals surface area (Å²) in [7, 11) is 0. The summed E-state index contributed by atoms with van der Waals surface area (Å²) < 4.78 is 5.69. The van der Waals surface area contributed by atoms with E-state index >= 15 is 0 Å². The van der Waals surface area contributed by atoms with E-state index in [1.54, 1.807) is 0 Å². The van der Waals surface area contributed by atoms with Crippen molar-refractivity contribution in [3.63, 3.8) is 0 Å². The van der Waals surface area contributed by atoms with Crippen LogP contribution in [0.4, 0.5) is 0 Å². The Hall–Kier alpha value is -0.500. The van der Waals surface area contributed by atoms with Gasteiger partial charge in [-0.05, 0) is 42.5 Å². The quantitative estimate of drug-likeness (QED) is 0.573. The molecule has 15 heavy (non-hydrogen) atoms. The van der Waals surface area contributed by atoms with E-state index in [-0.39, 0.29) is 0 Å². The minimum atomic E-state index is 0.559. The molecule has 0 atom stereocenters. The number of aryl methyl sites for hydroxylation is 1. The lowest BCUT2D eigenvalue weighted by Gasteiger charge is -2.11. The Morgan fingerprint density at radius 2 is 2.00 bits per heavy atom. The van der Waals surface area contributed by atoms with Crippen molar-refractivity contribution < 1.29 is 4.74 Å². The van der Waals surface area contributed by atoms with Crippen molar-refractivity contribution in [2.45, 2.75) is 33.1 Å². The van der Waals surface area contributed by atoms with Crippen molar-refractivity contribution >= 4 is 15.9 Å². The molecule has 0 aliphatic rings. The van der Waals surface area contributed by atoms with Crippen LogP contribution in [0, 0.1) is 6.92 Å². The molecule has 2 heteroatoms. The Labute approximate surface area is 101 Å². The average Bonchev–Trinajstić information content (AvgIpc) is 2.17. The summed E-state index contributed by atoms with van der Waals surface area (Å²) in [4.78, 5) is 0. The Bertz CT molecular complexity index is 307. The zero-order chi connectivity index (χ0) is 11.3. The Balaban J connectivity index is 2.71. The van der Waals surface area contributed by atoms with E-state index in [9.17, 15) is 0 Å². The molecule has 0 radical (unpaired) electrons. The summed E-state index contributed by atoms with van der Waals surface area (Å²) in [5.74, 6) is 1.56. The summed E-state index contributed by atoms with van der Waals surface area (Å²) in [6.07, 6.45) is 1.05. The van der Waals surface area contributed by atoms with E-state index in [0.717, 1.165) is 24.1 Å². The third kappa shape index (κ3) is 4.25. The largest absolute Gasteiger partial charge is 0.494 e. The number of hydrogen-bond acceptors (Lipinski definition) is 1. The molecular formula is C13H19BrO. The predicted molar refractivity (Wildman–Crippen MR) is 69.2 cm³/mol. The van der Waals surface area contributed by atoms with Crippen molar-refractivity contribution in [3.8, 4) is 5.75 Å². The van der Waals surface area contributed by atoms with Crippen LogP contribution < -0.4 is 4.74 Å². The minimum absolute atomic E-state index is 0.559. The van der Waals surface area contributed by atoms with Gasteiger partial charge in [-0.1, -0.05) is 35.8 Å². The van der Waals surface area contributed by atoms with Crippen LogP contribution in [0.3, 0.4) is 0 Å². The van der Waals surface area contributed by atoms with E-state index in [0.29, 0.717) is 5.92 Å². The fourth-order valence-corrected chi connectivity index (χ4v) is 1.67. The Morgan fingerprint density at radius 1 is 1.27 bits per heavy atom. The van der Waals surface area contributed by atoms with Gasteiger partial charge in [-0.15, -0.1) is 0 Å². The molecule has 0 fully saturated rings. The van der Waals surface area contributed by atoms with Crippen LogP contribution in [0.5, 0.6) is 5.75 Å². The summed E-state index contributed by atoms with van der Waals surface area (Å²) in [6, 6.07) is 6.47. The van der Waals surface area contributed by atoms with Gasteiger partial charge in [-0.2, -0.15) is 0 Å². The van der Waals surface area contributed by atoms with Gasteiger partial charge in [0.2, 0.25) is 0 Å². The number of alkyl halides is 1. The number of benzene rings is 1. The fraction of sp³-hybridized carbons (Fsp3) is 0.538. The highest BCUT2D eigenvalue weighted by atomic mass is 79.9. The molecule has 1 aromatic carbocycles. The van der Waals surface area contributed by atoms with E-state index in [2.05, 4.69) is 54.9 Å². The Morgan fingerprint density at radius 3 is 2.60 bits per heavy atom. The number of ether oxygens (including phenoxy) is 1. The first kappa shape index (κ1) is 12.6. The van der Waals surface area contributed by atoms with Crippen molar-refractivity contribution in [2.75, 3.05) is 11.9 Å². The molecule has 1 aromatic rings. The maximum absolute atomic E-state index is 5.69. The SMILES string of the molecule is Cc1cc(OCCCBr)cc(C(C)C)c1. The molecule has 0 aliphatic carbocycles. The lowest BCUT2D eigenvalue weighted by atomic mass is 10.0. The molecule has 0 bridgehead atoms. The van der Waals surface area contributed by atoms with Crippen LogP contribution in [0.1, 0.15) is 37.3 Å². The molecule has 0 amide bonds. The summed E-state index contributed by atoms with van der Waals surface area (Å²) >= 11 is 3.40. The average molecular weight is 271 g/mol. The molecule has 0 unspecified atom stereocenters. The maximum atomic E-state index is 5.69. The van der Waals surface area contributed by atoms with Gasteiger partial charge in [0.05, 0.1) is 6.61 Å². The van der Waals surface area contributed by atoms with Gasteiger partial charge in [0.1, 0.15) is 5.75 Å². The molecule has 0 aromatic heterocycles. The normalized spacial score (nSPS) is 10.7. The van der Waals surface area contributed by atoms with Crippen molar-refractivity contribution in [2.24, 2.45) is 0 Å². The van der Waals surface area contributed by atoms with Crippen molar-refractivity contribution in [1.82, 2.24) is 0 Å². The second-order valence-corrected chi connectivity index (χ2v) is 4.92. The molecule has 0 heterocycles. The van der Waals surface area contributed by atoms with Crippen LogP contribution in [0.25, 0.3) is 0 Å². The van der Waals surface area contributed by atoms with Crippen LogP contribution >= 0.6 is 15.9 Å². The molecule has 0 spiro atoms. The highest BCUT2D eigenvalue weighted by Crippen LogP contribution is 2.22. The second-order valence-electron chi connectivity index (χ2n) is 4.13. The first-order valence-electron chi connectivity index (χ1n) is 5.44. The van der Waals surface area contributed by atoms with Crippen LogP contribution in [-0.4, -0.2) is 11.9 Å². The summed E-state index contributed by atoms with van der Waals surface area (Å²) in [5.41, 5.74) is 2.62. The molecular weight excluding hydrogens is 252 g/mol. The zero-order valence-electron chi connectivity index (χ0n) is 9.72. The standard InChI is InChI=1S/C13H19BrO/c1-10(2)12-7-11(3)8-13(9-12)15-6-4-5-14/h7-10H,4-6H2,1-3H3. The van der Waals surface area contributed by atoms with Crippen LogP contribution in [0.15, 0.2) is 18.2 Å². The number of halogens is 1. The molecule has 0 aliphatic heterocycles. The van der Waals surface area contributed by atoms with Gasteiger partial charge >= 0.3 is 0 Å². The third-order valence-corrected chi connectivity index (χ3v) is 2.85. The van der Waals surface area contributed by atoms with E-state index < -0.39 is 0 Å². The summed E-state index contributed by atoms with van der Waals surface area (Å²) in [6.45, 7) is 7.31. The third-order valence-electron chi connectivity index (χ3n) is 2.29. The van der Waals surface area contributed by atoms with Gasteiger partial charge in [-0.25, -0.2) is 0 Å². The predicted octanol–water partition coefficient (Wildman–Crippen LogP) is 4.28.